The third-order valence-corrected chi connectivity index (χ3v) is 3.90. The van der Waals surface area contributed by atoms with Gasteiger partial charge in [-0.2, -0.15) is 4.98 Å². The first-order valence-corrected chi connectivity index (χ1v) is 7.36. The Hall–Kier alpha value is -1.04. The van der Waals surface area contributed by atoms with Crippen LogP contribution in [-0.4, -0.2) is 33.6 Å². The first-order chi connectivity index (χ1) is 8.65. The third kappa shape index (κ3) is 3.73. The Kier molecular flexibility index (Phi) is 4.63. The molecule has 0 aliphatic carbocycles. The summed E-state index contributed by atoms with van der Waals surface area (Å²) < 4.78 is 4.93. The van der Waals surface area contributed by atoms with E-state index in [1.165, 1.54) is 6.42 Å². The van der Waals surface area contributed by atoms with Gasteiger partial charge in [0.15, 0.2) is 11.0 Å². The molecular weight excluding hydrogens is 248 g/mol. The van der Waals surface area contributed by atoms with Crippen LogP contribution in [0, 0.1) is 12.8 Å². The molecule has 2 rings (SSSR count). The number of amidine groups is 1. The molecule has 18 heavy (non-hydrogen) atoms. The number of aromatic nitrogens is 2. The molecular formula is C12H20N4OS. The van der Waals surface area contributed by atoms with Crippen LogP contribution in [0.4, 0.5) is 0 Å². The zero-order chi connectivity index (χ0) is 13.0. The van der Waals surface area contributed by atoms with Crippen molar-refractivity contribution < 1.29 is 4.52 Å². The van der Waals surface area contributed by atoms with Gasteiger partial charge in [0.1, 0.15) is 0 Å². The molecule has 1 fully saturated rings. The lowest BCUT2D eigenvalue weighted by Gasteiger charge is -2.28. The van der Waals surface area contributed by atoms with Crippen molar-refractivity contribution in [2.24, 2.45) is 10.9 Å². The molecule has 2 heterocycles. The lowest BCUT2D eigenvalue weighted by Crippen LogP contribution is -2.41. The van der Waals surface area contributed by atoms with Crippen LogP contribution in [0.25, 0.3) is 0 Å². The number of rotatable bonds is 4. The maximum atomic E-state index is 4.93. The molecule has 1 aliphatic rings. The molecule has 0 saturated carbocycles. The molecule has 0 aromatic carbocycles. The summed E-state index contributed by atoms with van der Waals surface area (Å²) in [6.07, 6.45) is 1.95. The number of nitrogens with one attached hydrogen (secondary N) is 1. The van der Waals surface area contributed by atoms with Gasteiger partial charge in [-0.05, 0) is 12.3 Å². The fourth-order valence-corrected chi connectivity index (χ4v) is 2.83. The fourth-order valence-electron chi connectivity index (χ4n) is 1.85. The topological polar surface area (TPSA) is 63.3 Å². The largest absolute Gasteiger partial charge is 0.362 e. The van der Waals surface area contributed by atoms with E-state index < -0.39 is 0 Å². The first kappa shape index (κ1) is 13.4. The van der Waals surface area contributed by atoms with Gasteiger partial charge in [0.25, 0.3) is 0 Å². The van der Waals surface area contributed by atoms with Crippen LogP contribution in [-0.2, 0) is 6.42 Å². The average Bonchev–Trinajstić information content (AvgIpc) is 2.75. The fraction of sp³-hybridized carbons (Fsp3) is 0.750. The Labute approximate surface area is 112 Å². The molecule has 0 bridgehead atoms. The molecule has 1 aromatic rings. The van der Waals surface area contributed by atoms with E-state index in [1.54, 1.807) is 18.7 Å². The summed E-state index contributed by atoms with van der Waals surface area (Å²) in [5.74, 6) is 3.15. The molecule has 100 valence electrons. The van der Waals surface area contributed by atoms with Gasteiger partial charge >= 0.3 is 0 Å². The third-order valence-electron chi connectivity index (χ3n) is 2.94. The molecule has 1 atom stereocenters. The second-order valence-electron chi connectivity index (χ2n) is 4.80. The molecule has 1 aliphatic heterocycles. The maximum Gasteiger partial charge on any atom is 0.223 e. The van der Waals surface area contributed by atoms with Crippen molar-refractivity contribution in [3.8, 4) is 0 Å². The monoisotopic (exact) mass is 268 g/mol. The van der Waals surface area contributed by atoms with Gasteiger partial charge < -0.3 is 9.84 Å². The summed E-state index contributed by atoms with van der Waals surface area (Å²) in [5.41, 5.74) is 0. The molecule has 1 aromatic heterocycles. The minimum atomic E-state index is 0.553. The van der Waals surface area contributed by atoms with Crippen LogP contribution in [0.15, 0.2) is 9.52 Å². The van der Waals surface area contributed by atoms with Gasteiger partial charge in [-0.25, -0.2) is 0 Å². The molecule has 0 amide bonds. The number of hydrogen-bond donors (Lipinski definition) is 1. The van der Waals surface area contributed by atoms with E-state index in [-0.39, 0.29) is 0 Å². The van der Waals surface area contributed by atoms with Crippen molar-refractivity contribution >= 4 is 16.9 Å². The normalized spacial score (nSPS) is 22.4. The standard InChI is InChI=1S/C12H20N4OS/c1-8(2)10-5-7-18-12(15-10)13-6-4-11-14-9(3)17-16-11/h8,10H,4-7H2,1-3H3,(H,13,15). The number of aryl methyl sites for hydroxylation is 1. The van der Waals surface area contributed by atoms with E-state index in [2.05, 4.69) is 34.3 Å². The summed E-state index contributed by atoms with van der Waals surface area (Å²) in [4.78, 5) is 8.73. The number of nitrogens with zero attached hydrogens (tertiary/aromatic N) is 3. The minimum absolute atomic E-state index is 0.553. The van der Waals surface area contributed by atoms with Crippen LogP contribution in [0.5, 0.6) is 0 Å². The van der Waals surface area contributed by atoms with E-state index in [9.17, 15) is 0 Å². The van der Waals surface area contributed by atoms with Crippen molar-refractivity contribution in [2.45, 2.75) is 39.7 Å². The highest BCUT2D eigenvalue weighted by Crippen LogP contribution is 2.18. The SMILES string of the molecule is Cc1nc(CCN=C2NC(C(C)C)CCS2)no1. The zero-order valence-corrected chi connectivity index (χ0v) is 12.0. The molecule has 5 nitrogen and oxygen atoms in total. The van der Waals surface area contributed by atoms with Crippen LogP contribution in [0.3, 0.4) is 0 Å². The van der Waals surface area contributed by atoms with E-state index in [0.29, 0.717) is 24.4 Å². The van der Waals surface area contributed by atoms with E-state index in [1.807, 2.05) is 0 Å². The Morgan fingerprint density at radius 1 is 1.56 bits per heavy atom. The number of hydrogen-bond acceptors (Lipinski definition) is 5. The lowest BCUT2D eigenvalue weighted by atomic mass is 10.0. The predicted molar refractivity (Wildman–Crippen MR) is 73.9 cm³/mol. The van der Waals surface area contributed by atoms with Crippen molar-refractivity contribution in [1.82, 2.24) is 15.5 Å². The van der Waals surface area contributed by atoms with Gasteiger partial charge in [0.2, 0.25) is 5.89 Å². The average molecular weight is 268 g/mol. The molecule has 6 heteroatoms. The second kappa shape index (κ2) is 6.22. The zero-order valence-electron chi connectivity index (χ0n) is 11.1. The second-order valence-corrected chi connectivity index (χ2v) is 5.88. The van der Waals surface area contributed by atoms with Crippen LogP contribution < -0.4 is 5.32 Å². The van der Waals surface area contributed by atoms with Gasteiger partial charge in [-0.15, -0.1) is 0 Å². The smallest absolute Gasteiger partial charge is 0.223 e. The summed E-state index contributed by atoms with van der Waals surface area (Å²) in [5, 5.41) is 8.41. The van der Waals surface area contributed by atoms with Crippen LogP contribution in [0.2, 0.25) is 0 Å². The van der Waals surface area contributed by atoms with Crippen LogP contribution in [0.1, 0.15) is 32.0 Å². The number of thioether (sulfide) groups is 1. The van der Waals surface area contributed by atoms with Crippen molar-refractivity contribution in [3.05, 3.63) is 11.7 Å². The minimum Gasteiger partial charge on any atom is -0.362 e. The highest BCUT2D eigenvalue weighted by atomic mass is 32.2. The Morgan fingerprint density at radius 2 is 2.39 bits per heavy atom. The summed E-state index contributed by atoms with van der Waals surface area (Å²) in [6, 6.07) is 0.553. The molecule has 1 unspecified atom stereocenters. The van der Waals surface area contributed by atoms with Crippen molar-refractivity contribution in [1.29, 1.82) is 0 Å². The molecule has 1 saturated heterocycles. The van der Waals surface area contributed by atoms with E-state index in [0.717, 1.165) is 23.2 Å². The van der Waals surface area contributed by atoms with Gasteiger partial charge in [0, 0.05) is 31.7 Å². The highest BCUT2D eigenvalue weighted by Gasteiger charge is 2.19. The quantitative estimate of drug-likeness (QED) is 0.905. The Morgan fingerprint density at radius 3 is 3.06 bits per heavy atom. The Bertz CT molecular complexity index is 416. The maximum absolute atomic E-state index is 4.93. The summed E-state index contributed by atoms with van der Waals surface area (Å²) in [6.45, 7) is 6.99. The highest BCUT2D eigenvalue weighted by molar-refractivity contribution is 8.13. The lowest BCUT2D eigenvalue weighted by molar-refractivity contribution is 0.387. The Balaban J connectivity index is 1.82. The van der Waals surface area contributed by atoms with Gasteiger partial charge in [0.05, 0.1) is 0 Å². The summed E-state index contributed by atoms with van der Waals surface area (Å²) >= 11 is 1.80. The van der Waals surface area contributed by atoms with E-state index in [4.69, 9.17) is 4.52 Å². The predicted octanol–water partition coefficient (Wildman–Crippen LogP) is 2.03. The molecule has 0 radical (unpaired) electrons. The van der Waals surface area contributed by atoms with Gasteiger partial charge in [-0.1, -0.05) is 30.8 Å². The van der Waals surface area contributed by atoms with Crippen molar-refractivity contribution in [2.75, 3.05) is 12.3 Å². The van der Waals surface area contributed by atoms with Gasteiger partial charge in [-0.3, -0.25) is 4.99 Å². The molecule has 1 N–H and O–H groups in total. The van der Waals surface area contributed by atoms with Crippen LogP contribution >= 0.6 is 11.8 Å². The van der Waals surface area contributed by atoms with E-state index >= 15 is 0 Å². The molecule has 0 spiro atoms. The number of aliphatic imine (C=N–C) groups is 1. The van der Waals surface area contributed by atoms with Crippen molar-refractivity contribution in [3.63, 3.8) is 0 Å². The summed E-state index contributed by atoms with van der Waals surface area (Å²) in [7, 11) is 0. The first-order valence-electron chi connectivity index (χ1n) is 6.38.